The van der Waals surface area contributed by atoms with E-state index in [0.717, 1.165) is 37.0 Å². The monoisotopic (exact) mass is 297 g/mol. The minimum absolute atomic E-state index is 0.359. The Morgan fingerprint density at radius 3 is 2.55 bits per heavy atom. The van der Waals surface area contributed by atoms with Crippen molar-refractivity contribution < 1.29 is 9.53 Å². The molecule has 1 aliphatic rings. The molecule has 0 spiro atoms. The molecule has 1 aliphatic carbocycles. The predicted octanol–water partition coefficient (Wildman–Crippen LogP) is 4.17. The molecule has 1 aromatic rings. The molecule has 116 valence electrons. The Morgan fingerprint density at radius 2 is 1.91 bits per heavy atom. The Kier molecular flexibility index (Phi) is 6.86. The van der Waals surface area contributed by atoms with E-state index in [1.807, 2.05) is 30.3 Å². The van der Waals surface area contributed by atoms with Gasteiger partial charge in [0, 0.05) is 0 Å². The zero-order valence-corrected chi connectivity index (χ0v) is 12.9. The number of nitrogens with zero attached hydrogens (tertiary/aromatic N) is 1. The first-order chi connectivity index (χ1) is 10.8. The first-order valence-electron chi connectivity index (χ1n) is 8.02. The van der Waals surface area contributed by atoms with Crippen LogP contribution in [-0.2, 0) is 16.1 Å². The summed E-state index contributed by atoms with van der Waals surface area (Å²) in [4.78, 5) is 10.2. The van der Waals surface area contributed by atoms with Crippen molar-refractivity contribution in [3.8, 4) is 6.07 Å². The Hall–Kier alpha value is -1.92. The van der Waals surface area contributed by atoms with Crippen molar-refractivity contribution in [3.05, 3.63) is 47.5 Å². The van der Waals surface area contributed by atoms with Gasteiger partial charge in [0.1, 0.15) is 6.29 Å². The minimum atomic E-state index is 0.359. The molecule has 0 saturated heterocycles. The summed E-state index contributed by atoms with van der Waals surface area (Å²) in [5.74, 6) is 0.770. The summed E-state index contributed by atoms with van der Waals surface area (Å²) in [5, 5.41) is 8.78. The van der Waals surface area contributed by atoms with Gasteiger partial charge in [0.15, 0.2) is 0 Å². The lowest BCUT2D eigenvalue weighted by Gasteiger charge is -2.28. The molecule has 0 atom stereocenters. The third-order valence-corrected chi connectivity index (χ3v) is 4.32. The number of aldehydes is 1. The first kappa shape index (κ1) is 16.5. The number of carbonyl (C=O) groups excluding carboxylic acids is 1. The second kappa shape index (κ2) is 9.17. The first-order valence-corrected chi connectivity index (χ1v) is 8.02. The van der Waals surface area contributed by atoms with Crippen LogP contribution in [0.5, 0.6) is 0 Å². The number of carbonyl (C=O) groups is 1. The number of benzene rings is 1. The SMILES string of the molecule is N#Cc1ccc(COC2CCC(CCC=CC=O)CC2)cc1. The Labute approximate surface area is 132 Å². The number of rotatable bonds is 7. The molecule has 0 heterocycles. The van der Waals surface area contributed by atoms with Crippen LogP contribution in [0.25, 0.3) is 0 Å². The second-order valence-corrected chi connectivity index (χ2v) is 5.90. The highest BCUT2D eigenvalue weighted by molar-refractivity contribution is 5.64. The van der Waals surface area contributed by atoms with Crippen LogP contribution < -0.4 is 0 Å². The molecular formula is C19H23NO2. The molecular weight excluding hydrogens is 274 g/mol. The fourth-order valence-corrected chi connectivity index (χ4v) is 2.96. The standard InChI is InChI=1S/C19H23NO2/c20-14-17-5-7-18(8-6-17)15-22-19-11-9-16(10-12-19)4-2-1-3-13-21/h1,3,5-8,13,16,19H,2,4,9-12,15H2. The summed E-state index contributed by atoms with van der Waals surface area (Å²) in [7, 11) is 0. The summed E-state index contributed by atoms with van der Waals surface area (Å²) < 4.78 is 5.99. The number of hydrogen-bond donors (Lipinski definition) is 0. The number of ether oxygens (including phenoxy) is 1. The van der Waals surface area contributed by atoms with Gasteiger partial charge in [-0.15, -0.1) is 0 Å². The highest BCUT2D eigenvalue weighted by Crippen LogP contribution is 2.30. The second-order valence-electron chi connectivity index (χ2n) is 5.90. The van der Waals surface area contributed by atoms with Gasteiger partial charge < -0.3 is 4.74 Å². The lowest BCUT2D eigenvalue weighted by Crippen LogP contribution is -2.21. The van der Waals surface area contributed by atoms with Crippen molar-refractivity contribution >= 4 is 6.29 Å². The highest BCUT2D eigenvalue weighted by Gasteiger charge is 2.21. The van der Waals surface area contributed by atoms with E-state index < -0.39 is 0 Å². The predicted molar refractivity (Wildman–Crippen MR) is 86.1 cm³/mol. The fourth-order valence-electron chi connectivity index (χ4n) is 2.96. The van der Waals surface area contributed by atoms with Crippen LogP contribution in [0.3, 0.4) is 0 Å². The highest BCUT2D eigenvalue weighted by atomic mass is 16.5. The third-order valence-electron chi connectivity index (χ3n) is 4.32. The molecule has 0 aromatic heterocycles. The molecule has 0 amide bonds. The molecule has 1 saturated carbocycles. The van der Waals surface area contributed by atoms with E-state index in [1.165, 1.54) is 19.3 Å². The van der Waals surface area contributed by atoms with Crippen molar-refractivity contribution in [3.63, 3.8) is 0 Å². The van der Waals surface area contributed by atoms with Crippen molar-refractivity contribution in [1.82, 2.24) is 0 Å². The van der Waals surface area contributed by atoms with Crippen LogP contribution in [0.4, 0.5) is 0 Å². The molecule has 2 rings (SSSR count). The maximum atomic E-state index is 10.2. The molecule has 22 heavy (non-hydrogen) atoms. The lowest BCUT2D eigenvalue weighted by atomic mass is 9.84. The van der Waals surface area contributed by atoms with E-state index in [1.54, 1.807) is 6.08 Å². The van der Waals surface area contributed by atoms with Gasteiger partial charge >= 0.3 is 0 Å². The van der Waals surface area contributed by atoms with E-state index in [0.29, 0.717) is 18.3 Å². The fraction of sp³-hybridized carbons (Fsp3) is 0.474. The van der Waals surface area contributed by atoms with E-state index in [2.05, 4.69) is 6.07 Å². The van der Waals surface area contributed by atoms with Crippen molar-refractivity contribution in [2.45, 2.75) is 51.2 Å². The van der Waals surface area contributed by atoms with Crippen LogP contribution in [-0.4, -0.2) is 12.4 Å². The van der Waals surface area contributed by atoms with Gasteiger partial charge in [-0.25, -0.2) is 0 Å². The number of allylic oxidation sites excluding steroid dienone is 2. The van der Waals surface area contributed by atoms with E-state index in [4.69, 9.17) is 10.00 Å². The number of hydrogen-bond acceptors (Lipinski definition) is 3. The zero-order chi connectivity index (χ0) is 15.6. The topological polar surface area (TPSA) is 50.1 Å². The quantitative estimate of drug-likeness (QED) is 0.560. The molecule has 0 bridgehead atoms. The molecule has 0 unspecified atom stereocenters. The lowest BCUT2D eigenvalue weighted by molar-refractivity contribution is -0.104. The largest absolute Gasteiger partial charge is 0.374 e. The third kappa shape index (κ3) is 5.46. The van der Waals surface area contributed by atoms with Crippen LogP contribution in [0, 0.1) is 17.2 Å². The maximum Gasteiger partial charge on any atom is 0.142 e. The van der Waals surface area contributed by atoms with Crippen molar-refractivity contribution in [2.75, 3.05) is 0 Å². The Bertz CT molecular complexity index is 519. The Morgan fingerprint density at radius 1 is 1.18 bits per heavy atom. The summed E-state index contributed by atoms with van der Waals surface area (Å²) in [6.07, 6.45) is 11.6. The van der Waals surface area contributed by atoms with Gasteiger partial charge in [-0.05, 0) is 68.2 Å². The maximum absolute atomic E-state index is 10.2. The summed E-state index contributed by atoms with van der Waals surface area (Å²) in [6, 6.07) is 9.72. The van der Waals surface area contributed by atoms with Crippen molar-refractivity contribution in [1.29, 1.82) is 5.26 Å². The smallest absolute Gasteiger partial charge is 0.142 e. The van der Waals surface area contributed by atoms with Gasteiger partial charge in [-0.1, -0.05) is 18.2 Å². The summed E-state index contributed by atoms with van der Waals surface area (Å²) >= 11 is 0. The molecule has 3 nitrogen and oxygen atoms in total. The molecule has 1 fully saturated rings. The average Bonchev–Trinajstić information content (AvgIpc) is 2.58. The molecule has 0 N–H and O–H groups in total. The van der Waals surface area contributed by atoms with Crippen LogP contribution in [0.2, 0.25) is 0 Å². The van der Waals surface area contributed by atoms with Gasteiger partial charge in [-0.3, -0.25) is 4.79 Å². The van der Waals surface area contributed by atoms with Gasteiger partial charge in [0.25, 0.3) is 0 Å². The van der Waals surface area contributed by atoms with Gasteiger partial charge in [0.2, 0.25) is 0 Å². The zero-order valence-electron chi connectivity index (χ0n) is 12.9. The van der Waals surface area contributed by atoms with Crippen LogP contribution in [0.1, 0.15) is 49.7 Å². The van der Waals surface area contributed by atoms with E-state index >= 15 is 0 Å². The van der Waals surface area contributed by atoms with E-state index in [9.17, 15) is 4.79 Å². The van der Waals surface area contributed by atoms with Gasteiger partial charge in [-0.2, -0.15) is 5.26 Å². The van der Waals surface area contributed by atoms with Crippen molar-refractivity contribution in [2.24, 2.45) is 5.92 Å². The van der Waals surface area contributed by atoms with Gasteiger partial charge in [0.05, 0.1) is 24.3 Å². The molecule has 3 heteroatoms. The number of nitriles is 1. The molecule has 1 aromatic carbocycles. The molecule has 0 aliphatic heterocycles. The summed E-state index contributed by atoms with van der Waals surface area (Å²) in [6.45, 7) is 0.628. The minimum Gasteiger partial charge on any atom is -0.374 e. The summed E-state index contributed by atoms with van der Waals surface area (Å²) in [5.41, 5.74) is 1.81. The van der Waals surface area contributed by atoms with E-state index in [-0.39, 0.29) is 0 Å². The average molecular weight is 297 g/mol. The molecule has 0 radical (unpaired) electrons. The Balaban J connectivity index is 1.65. The van der Waals surface area contributed by atoms with Crippen LogP contribution in [0.15, 0.2) is 36.4 Å². The normalized spacial score (nSPS) is 21.6. The van der Waals surface area contributed by atoms with Crippen LogP contribution >= 0.6 is 0 Å².